The zero-order valence-electron chi connectivity index (χ0n) is 18.3. The van der Waals surface area contributed by atoms with Crippen LogP contribution >= 0.6 is 47.1 Å². The number of hydrogen-bond acceptors (Lipinski definition) is 5. The molecule has 168 valence electrons. The molecule has 2 heterocycles. The molecule has 0 aliphatic heterocycles. The maximum atomic E-state index is 4.74. The van der Waals surface area contributed by atoms with E-state index in [1.54, 1.807) is 11.8 Å². The van der Waals surface area contributed by atoms with Crippen molar-refractivity contribution in [3.8, 4) is 0 Å². The lowest BCUT2D eigenvalue weighted by Gasteiger charge is -2.16. The van der Waals surface area contributed by atoms with E-state index in [2.05, 4.69) is 57.6 Å². The van der Waals surface area contributed by atoms with Crippen molar-refractivity contribution in [1.29, 1.82) is 0 Å². The zero-order valence-corrected chi connectivity index (χ0v) is 22.3. The fraction of sp³-hybridized carbons (Fsp3) is 0.667. The molecule has 1 saturated carbocycles. The van der Waals surface area contributed by atoms with Crippen LogP contribution in [0.25, 0.3) is 0 Å². The Morgan fingerprint density at radius 1 is 1.20 bits per heavy atom. The topological polar surface area (TPSA) is 67.1 Å². The number of aromatic nitrogens is 3. The van der Waals surface area contributed by atoms with Crippen molar-refractivity contribution in [2.45, 2.75) is 76.5 Å². The zero-order chi connectivity index (χ0) is 20.5. The van der Waals surface area contributed by atoms with E-state index in [1.807, 2.05) is 11.3 Å². The molecule has 1 aliphatic rings. The predicted octanol–water partition coefficient (Wildman–Crippen LogP) is 5.04. The van der Waals surface area contributed by atoms with E-state index < -0.39 is 0 Å². The Hall–Kier alpha value is -0.810. The molecule has 9 heteroatoms. The van der Waals surface area contributed by atoms with Gasteiger partial charge < -0.3 is 15.2 Å². The predicted molar refractivity (Wildman–Crippen MR) is 140 cm³/mol. The van der Waals surface area contributed by atoms with Gasteiger partial charge in [0, 0.05) is 35.3 Å². The number of aryl methyl sites for hydroxylation is 2. The summed E-state index contributed by atoms with van der Waals surface area (Å²) in [5.74, 6) is 2.02. The van der Waals surface area contributed by atoms with Crippen molar-refractivity contribution in [2.75, 3.05) is 19.3 Å². The van der Waals surface area contributed by atoms with Gasteiger partial charge in [0.1, 0.15) is 5.82 Å². The van der Waals surface area contributed by atoms with Crippen LogP contribution in [0.5, 0.6) is 0 Å². The highest BCUT2D eigenvalue weighted by Gasteiger charge is 2.23. The van der Waals surface area contributed by atoms with Crippen LogP contribution in [-0.4, -0.2) is 40.1 Å². The fourth-order valence-corrected chi connectivity index (χ4v) is 5.25. The van der Waals surface area contributed by atoms with E-state index in [0.29, 0.717) is 6.04 Å². The quantitative estimate of drug-likeness (QED) is 0.140. The number of aliphatic imine (C=N–C) groups is 1. The van der Waals surface area contributed by atoms with Crippen LogP contribution in [0.15, 0.2) is 22.3 Å². The average Bonchev–Trinajstić information content (AvgIpc) is 3.49. The van der Waals surface area contributed by atoms with Crippen LogP contribution < -0.4 is 10.6 Å². The molecule has 0 aromatic carbocycles. The number of guanidine groups is 1. The molecule has 2 aromatic heterocycles. The highest BCUT2D eigenvalue weighted by molar-refractivity contribution is 14.0. The van der Waals surface area contributed by atoms with Crippen molar-refractivity contribution >= 4 is 53.0 Å². The van der Waals surface area contributed by atoms with Gasteiger partial charge in [0.2, 0.25) is 0 Å². The minimum Gasteiger partial charge on any atom is -0.357 e. The van der Waals surface area contributed by atoms with E-state index >= 15 is 0 Å². The number of halogens is 1. The molecule has 0 radical (unpaired) electrons. The molecule has 2 N–H and O–H groups in total. The van der Waals surface area contributed by atoms with Gasteiger partial charge in [-0.05, 0) is 51.0 Å². The first-order chi connectivity index (χ1) is 14.2. The maximum absolute atomic E-state index is 4.74. The van der Waals surface area contributed by atoms with Gasteiger partial charge in [-0.15, -0.1) is 45.5 Å². The Labute approximate surface area is 206 Å². The average molecular weight is 563 g/mol. The standard InChI is InChI=1S/C21H34N6S2.HI/c1-4-17-12-13-18(29-17)15-24-20(22-5-2)23-14-8-11-19-25-26-21(28-3)27(19)16-9-6-7-10-16;/h12-13,16H,4-11,14-15H2,1-3H3,(H2,22,23,24);1H. The molecule has 0 saturated heterocycles. The van der Waals surface area contributed by atoms with Crippen molar-refractivity contribution in [2.24, 2.45) is 4.99 Å². The lowest BCUT2D eigenvalue weighted by Crippen LogP contribution is -2.37. The van der Waals surface area contributed by atoms with Crippen molar-refractivity contribution in [3.63, 3.8) is 0 Å². The Morgan fingerprint density at radius 3 is 2.63 bits per heavy atom. The van der Waals surface area contributed by atoms with Crippen molar-refractivity contribution < 1.29 is 0 Å². The van der Waals surface area contributed by atoms with E-state index in [9.17, 15) is 0 Å². The molecule has 2 aromatic rings. The Morgan fingerprint density at radius 2 is 1.97 bits per heavy atom. The van der Waals surface area contributed by atoms with Crippen molar-refractivity contribution in [3.05, 3.63) is 27.7 Å². The smallest absolute Gasteiger partial charge is 0.191 e. The number of nitrogens with zero attached hydrogens (tertiary/aromatic N) is 4. The molecule has 30 heavy (non-hydrogen) atoms. The minimum atomic E-state index is 0. The first-order valence-corrected chi connectivity index (χ1v) is 12.9. The van der Waals surface area contributed by atoms with Gasteiger partial charge in [0.05, 0.1) is 6.54 Å². The number of thioether (sulfide) groups is 1. The summed E-state index contributed by atoms with van der Waals surface area (Å²) >= 11 is 3.56. The third-order valence-electron chi connectivity index (χ3n) is 5.28. The van der Waals surface area contributed by atoms with Gasteiger partial charge >= 0.3 is 0 Å². The summed E-state index contributed by atoms with van der Waals surface area (Å²) in [6.45, 7) is 6.77. The Kier molecular flexibility index (Phi) is 11.5. The first kappa shape index (κ1) is 25.5. The monoisotopic (exact) mass is 562 g/mol. The highest BCUT2D eigenvalue weighted by atomic mass is 127. The molecule has 0 amide bonds. The van der Waals surface area contributed by atoms with E-state index in [0.717, 1.165) is 55.8 Å². The van der Waals surface area contributed by atoms with Gasteiger partial charge in [-0.3, -0.25) is 0 Å². The third kappa shape index (κ3) is 7.12. The van der Waals surface area contributed by atoms with Gasteiger partial charge in [0.15, 0.2) is 11.1 Å². The number of rotatable bonds is 10. The van der Waals surface area contributed by atoms with Gasteiger partial charge in [-0.25, -0.2) is 4.99 Å². The lowest BCUT2D eigenvalue weighted by molar-refractivity contribution is 0.460. The van der Waals surface area contributed by atoms with Crippen LogP contribution in [0.2, 0.25) is 0 Å². The SMILES string of the molecule is CCNC(=NCc1ccc(CC)s1)NCCCc1nnc(SC)n1C1CCCC1.I. The number of thiophene rings is 1. The highest BCUT2D eigenvalue weighted by Crippen LogP contribution is 2.33. The molecule has 3 rings (SSSR count). The second kappa shape index (κ2) is 13.6. The second-order valence-corrected chi connectivity index (χ2v) is 9.38. The largest absolute Gasteiger partial charge is 0.357 e. The molecule has 0 bridgehead atoms. The van der Waals surface area contributed by atoms with E-state index in [1.165, 1.54) is 35.4 Å². The molecule has 1 aliphatic carbocycles. The van der Waals surface area contributed by atoms with Gasteiger partial charge in [-0.2, -0.15) is 0 Å². The van der Waals surface area contributed by atoms with Gasteiger partial charge in [0.25, 0.3) is 0 Å². The summed E-state index contributed by atoms with van der Waals surface area (Å²) in [4.78, 5) is 7.48. The number of hydrogen-bond donors (Lipinski definition) is 2. The summed E-state index contributed by atoms with van der Waals surface area (Å²) in [5.41, 5.74) is 0. The Balaban J connectivity index is 0.00000320. The minimum absolute atomic E-state index is 0. The Bertz CT molecular complexity index is 782. The summed E-state index contributed by atoms with van der Waals surface area (Å²) in [6.07, 6.45) is 10.3. The third-order valence-corrected chi connectivity index (χ3v) is 7.14. The van der Waals surface area contributed by atoms with E-state index in [4.69, 9.17) is 4.99 Å². The summed E-state index contributed by atoms with van der Waals surface area (Å²) in [5, 5.41) is 16.8. The summed E-state index contributed by atoms with van der Waals surface area (Å²) in [6, 6.07) is 4.99. The molecule has 1 fully saturated rings. The molecule has 0 spiro atoms. The van der Waals surface area contributed by atoms with Gasteiger partial charge in [-0.1, -0.05) is 31.5 Å². The molecule has 6 nitrogen and oxygen atoms in total. The molecular weight excluding hydrogens is 527 g/mol. The number of nitrogens with one attached hydrogen (secondary N) is 2. The normalized spacial score (nSPS) is 14.7. The first-order valence-electron chi connectivity index (χ1n) is 10.8. The van der Waals surface area contributed by atoms with Crippen LogP contribution in [0.1, 0.15) is 67.6 Å². The lowest BCUT2D eigenvalue weighted by atomic mass is 10.2. The van der Waals surface area contributed by atoms with Crippen LogP contribution in [0, 0.1) is 0 Å². The maximum Gasteiger partial charge on any atom is 0.191 e. The summed E-state index contributed by atoms with van der Waals surface area (Å²) in [7, 11) is 0. The van der Waals surface area contributed by atoms with E-state index in [-0.39, 0.29) is 24.0 Å². The van der Waals surface area contributed by atoms with Crippen LogP contribution in [0.3, 0.4) is 0 Å². The second-order valence-electron chi connectivity index (χ2n) is 7.36. The van der Waals surface area contributed by atoms with Crippen LogP contribution in [0.4, 0.5) is 0 Å². The molecule has 0 unspecified atom stereocenters. The molecule has 0 atom stereocenters. The molecular formula is C21H35IN6S2. The van der Waals surface area contributed by atoms with Crippen LogP contribution in [-0.2, 0) is 19.4 Å². The van der Waals surface area contributed by atoms with Crippen molar-refractivity contribution in [1.82, 2.24) is 25.4 Å². The fourth-order valence-electron chi connectivity index (χ4n) is 3.80. The summed E-state index contributed by atoms with van der Waals surface area (Å²) < 4.78 is 2.40.